The van der Waals surface area contributed by atoms with Crippen molar-refractivity contribution in [3.63, 3.8) is 0 Å². The Hall–Kier alpha value is -1.53. The molecule has 0 bridgehead atoms. The molecule has 2 rings (SSSR count). The minimum absolute atomic E-state index is 0.0291. The van der Waals surface area contributed by atoms with Gasteiger partial charge in [-0.3, -0.25) is 9.52 Å². The van der Waals surface area contributed by atoms with Gasteiger partial charge in [0, 0.05) is 17.5 Å². The summed E-state index contributed by atoms with van der Waals surface area (Å²) in [5, 5.41) is 10.1. The summed E-state index contributed by atoms with van der Waals surface area (Å²) in [5.74, 6) is -0.985. The second kappa shape index (κ2) is 3.75. The van der Waals surface area contributed by atoms with Gasteiger partial charge in [-0.2, -0.15) is 0 Å². The molecule has 0 fully saturated rings. The zero-order valence-electron chi connectivity index (χ0n) is 8.69. The Bertz CT molecular complexity index is 648. The van der Waals surface area contributed by atoms with Crippen LogP contribution in [0, 0.1) is 0 Å². The van der Waals surface area contributed by atoms with Crippen molar-refractivity contribution in [2.75, 3.05) is 0 Å². The third-order valence-corrected chi connectivity index (χ3v) is 3.95. The van der Waals surface area contributed by atoms with Gasteiger partial charge in [0.1, 0.15) is 5.70 Å². The third-order valence-electron chi connectivity index (χ3n) is 2.31. The maximum atomic E-state index is 11.8. The van der Waals surface area contributed by atoms with E-state index in [9.17, 15) is 18.3 Å². The van der Waals surface area contributed by atoms with Crippen LogP contribution in [0.3, 0.4) is 0 Å². The fourth-order valence-electron chi connectivity index (χ4n) is 1.53. The Morgan fingerprint density at radius 2 is 2.06 bits per heavy atom. The number of sulfonamides is 1. The maximum absolute atomic E-state index is 11.8. The molecule has 0 unspecified atom stereocenters. The van der Waals surface area contributed by atoms with E-state index >= 15 is 0 Å². The van der Waals surface area contributed by atoms with Gasteiger partial charge in [0.25, 0.3) is 10.0 Å². The molecule has 1 aliphatic rings. The van der Waals surface area contributed by atoms with Gasteiger partial charge < -0.3 is 5.11 Å². The molecule has 0 saturated heterocycles. The molecule has 0 aliphatic carbocycles. The molecule has 1 aromatic rings. The number of hydrogen-bond donors (Lipinski definition) is 2. The van der Waals surface area contributed by atoms with E-state index in [4.69, 9.17) is 11.6 Å². The smallest absolute Gasteiger partial charge is 0.262 e. The molecule has 1 aromatic carbocycles. The highest BCUT2D eigenvalue weighted by atomic mass is 35.5. The lowest BCUT2D eigenvalue weighted by Crippen LogP contribution is -2.32. The quantitative estimate of drug-likeness (QED) is 0.811. The summed E-state index contributed by atoms with van der Waals surface area (Å²) in [5.41, 5.74) is -0.318. The number of carbonyl (C=O) groups is 1. The van der Waals surface area contributed by atoms with Crippen LogP contribution in [0.25, 0.3) is 5.76 Å². The summed E-state index contributed by atoms with van der Waals surface area (Å²) in [4.78, 5) is 11.1. The zero-order chi connectivity index (χ0) is 12.8. The molecule has 0 amide bonds. The molecular weight excluding hydrogens is 266 g/mol. The number of ketones is 1. The molecule has 0 aromatic heterocycles. The van der Waals surface area contributed by atoms with Gasteiger partial charge >= 0.3 is 0 Å². The average Bonchev–Trinajstić information content (AvgIpc) is 2.23. The van der Waals surface area contributed by atoms with Crippen LogP contribution in [0.2, 0.25) is 5.02 Å². The topological polar surface area (TPSA) is 83.5 Å². The van der Waals surface area contributed by atoms with Crippen LogP contribution in [-0.2, 0) is 14.8 Å². The summed E-state index contributed by atoms with van der Waals surface area (Å²) in [6.07, 6.45) is 0. The Labute approximate surface area is 103 Å². The van der Waals surface area contributed by atoms with Crippen molar-refractivity contribution in [2.24, 2.45) is 0 Å². The predicted octanol–water partition coefficient (Wildman–Crippen LogP) is 1.45. The zero-order valence-corrected chi connectivity index (χ0v) is 10.3. The van der Waals surface area contributed by atoms with Crippen LogP contribution in [0.1, 0.15) is 12.5 Å². The van der Waals surface area contributed by atoms with Crippen molar-refractivity contribution in [1.82, 2.24) is 4.72 Å². The maximum Gasteiger partial charge on any atom is 0.262 e. The highest BCUT2D eigenvalue weighted by Gasteiger charge is 2.31. The largest absolute Gasteiger partial charge is 0.505 e. The number of hydrogen-bond acceptors (Lipinski definition) is 4. The first-order valence-corrected chi connectivity index (χ1v) is 6.46. The number of benzene rings is 1. The lowest BCUT2D eigenvalue weighted by atomic mass is 10.1. The number of halogens is 1. The van der Waals surface area contributed by atoms with Crippen molar-refractivity contribution in [3.05, 3.63) is 34.5 Å². The standard InChI is InChI=1S/C10H8ClNO4S/c1-5(13)9-10(14)7-4-6(11)2-3-8(7)17(15,16)12-9/h2-4,12,14H,1H3. The molecule has 5 nitrogen and oxygen atoms in total. The van der Waals surface area contributed by atoms with E-state index in [1.807, 2.05) is 4.72 Å². The first kappa shape index (κ1) is 11.9. The van der Waals surface area contributed by atoms with Gasteiger partial charge in [-0.1, -0.05) is 11.6 Å². The second-order valence-electron chi connectivity index (χ2n) is 3.53. The van der Waals surface area contributed by atoms with Gasteiger partial charge in [0.15, 0.2) is 11.5 Å². The molecule has 0 radical (unpaired) electrons. The van der Waals surface area contributed by atoms with Crippen molar-refractivity contribution in [1.29, 1.82) is 0 Å². The molecular formula is C10H8ClNO4S. The second-order valence-corrected chi connectivity index (χ2v) is 5.61. The van der Waals surface area contributed by atoms with E-state index in [2.05, 4.69) is 0 Å². The molecule has 0 spiro atoms. The SMILES string of the molecule is CC(=O)C1=C(O)c2cc(Cl)ccc2S(=O)(=O)N1. The molecule has 17 heavy (non-hydrogen) atoms. The molecule has 7 heteroatoms. The number of rotatable bonds is 1. The van der Waals surface area contributed by atoms with E-state index in [0.29, 0.717) is 0 Å². The summed E-state index contributed by atoms with van der Waals surface area (Å²) in [6.45, 7) is 1.16. The van der Waals surface area contributed by atoms with Gasteiger partial charge in [-0.25, -0.2) is 8.42 Å². The van der Waals surface area contributed by atoms with Crippen LogP contribution >= 0.6 is 11.6 Å². The molecule has 1 heterocycles. The monoisotopic (exact) mass is 273 g/mol. The fourth-order valence-corrected chi connectivity index (χ4v) is 3.02. The number of fused-ring (bicyclic) bond motifs is 1. The normalized spacial score (nSPS) is 17.3. The molecule has 0 atom stereocenters. The fraction of sp³-hybridized carbons (Fsp3) is 0.100. The number of carbonyl (C=O) groups excluding carboxylic acids is 1. The van der Waals surface area contributed by atoms with Crippen molar-refractivity contribution in [2.45, 2.75) is 11.8 Å². The van der Waals surface area contributed by atoms with Gasteiger partial charge in [-0.15, -0.1) is 0 Å². The molecule has 90 valence electrons. The minimum atomic E-state index is -3.83. The Balaban J connectivity index is 2.82. The van der Waals surface area contributed by atoms with Crippen molar-refractivity contribution >= 4 is 33.2 Å². The van der Waals surface area contributed by atoms with Gasteiger partial charge in [0.05, 0.1) is 4.90 Å². The van der Waals surface area contributed by atoms with E-state index in [1.165, 1.54) is 18.2 Å². The van der Waals surface area contributed by atoms with Crippen LogP contribution in [0.5, 0.6) is 0 Å². The predicted molar refractivity (Wildman–Crippen MR) is 62.0 cm³/mol. The highest BCUT2D eigenvalue weighted by molar-refractivity contribution is 7.89. The highest BCUT2D eigenvalue weighted by Crippen LogP contribution is 2.31. The summed E-state index contributed by atoms with van der Waals surface area (Å²) < 4.78 is 25.6. The number of Topliss-reactive ketones (excluding diaryl/α,β-unsaturated/α-hetero) is 1. The lowest BCUT2D eigenvalue weighted by Gasteiger charge is -2.20. The molecule has 2 N–H and O–H groups in total. The summed E-state index contributed by atoms with van der Waals surface area (Å²) in [7, 11) is -3.83. The van der Waals surface area contributed by atoms with E-state index in [0.717, 1.165) is 6.92 Å². The third kappa shape index (κ3) is 1.89. The number of nitrogens with one attached hydrogen (secondary N) is 1. The summed E-state index contributed by atoms with van der Waals surface area (Å²) >= 11 is 5.73. The van der Waals surface area contributed by atoms with Gasteiger partial charge in [-0.05, 0) is 18.2 Å². The van der Waals surface area contributed by atoms with Crippen molar-refractivity contribution < 1.29 is 18.3 Å². The number of aliphatic hydroxyl groups excluding tert-OH is 1. The average molecular weight is 274 g/mol. The van der Waals surface area contributed by atoms with Gasteiger partial charge in [0.2, 0.25) is 0 Å². The van der Waals surface area contributed by atoms with Crippen LogP contribution in [-0.4, -0.2) is 19.3 Å². The number of aliphatic hydroxyl groups is 1. The van der Waals surface area contributed by atoms with E-state index in [-0.39, 0.29) is 21.2 Å². The van der Waals surface area contributed by atoms with E-state index < -0.39 is 21.6 Å². The molecule has 1 aliphatic heterocycles. The van der Waals surface area contributed by atoms with Crippen LogP contribution in [0.4, 0.5) is 0 Å². The van der Waals surface area contributed by atoms with Crippen LogP contribution in [0.15, 0.2) is 28.8 Å². The first-order valence-electron chi connectivity index (χ1n) is 4.60. The Morgan fingerprint density at radius 3 is 2.65 bits per heavy atom. The molecule has 0 saturated carbocycles. The van der Waals surface area contributed by atoms with Crippen molar-refractivity contribution in [3.8, 4) is 0 Å². The Kier molecular flexibility index (Phi) is 2.63. The number of allylic oxidation sites excluding steroid dienone is 1. The van der Waals surface area contributed by atoms with Crippen LogP contribution < -0.4 is 4.72 Å². The first-order chi connectivity index (χ1) is 7.83. The Morgan fingerprint density at radius 1 is 1.41 bits per heavy atom. The minimum Gasteiger partial charge on any atom is -0.505 e. The van der Waals surface area contributed by atoms with E-state index in [1.54, 1.807) is 0 Å². The lowest BCUT2D eigenvalue weighted by molar-refractivity contribution is -0.113. The summed E-state index contributed by atoms with van der Waals surface area (Å²) in [6, 6.07) is 3.96.